The molecule has 0 spiro atoms. The molecule has 0 atom stereocenters. The van der Waals surface area contributed by atoms with E-state index in [1.807, 2.05) is 42.2 Å². The summed E-state index contributed by atoms with van der Waals surface area (Å²) in [4.78, 5) is 15.4. The van der Waals surface area contributed by atoms with E-state index < -0.39 is 10.0 Å². The second kappa shape index (κ2) is 10.8. The summed E-state index contributed by atoms with van der Waals surface area (Å²) in [6, 6.07) is 16.3. The van der Waals surface area contributed by atoms with Gasteiger partial charge in [-0.15, -0.1) is 0 Å². The second-order valence-electron chi connectivity index (χ2n) is 7.76. The lowest BCUT2D eigenvalue weighted by molar-refractivity contribution is -0.123. The molecule has 1 heterocycles. The Hall–Kier alpha value is -2.38. The SMILES string of the molecule is CCCCN(C(=O)C1CCN(S(=O)(=O)c2ccc(OCC)cc2)CC1)c1ccccc1. The van der Waals surface area contributed by atoms with Gasteiger partial charge < -0.3 is 9.64 Å². The van der Waals surface area contributed by atoms with Crippen molar-refractivity contribution in [2.75, 3.05) is 31.1 Å². The summed E-state index contributed by atoms with van der Waals surface area (Å²) < 4.78 is 32.9. The Labute approximate surface area is 185 Å². The molecule has 0 aromatic heterocycles. The van der Waals surface area contributed by atoms with Crippen LogP contribution in [0.5, 0.6) is 5.75 Å². The van der Waals surface area contributed by atoms with E-state index in [0.717, 1.165) is 18.5 Å². The highest BCUT2D eigenvalue weighted by atomic mass is 32.2. The van der Waals surface area contributed by atoms with Crippen LogP contribution in [0.3, 0.4) is 0 Å². The predicted octanol–water partition coefficient (Wildman–Crippen LogP) is 4.32. The Morgan fingerprint density at radius 1 is 1.03 bits per heavy atom. The number of hydrogen-bond acceptors (Lipinski definition) is 4. The van der Waals surface area contributed by atoms with Gasteiger partial charge in [-0.25, -0.2) is 8.42 Å². The zero-order valence-electron chi connectivity index (χ0n) is 18.4. The fourth-order valence-corrected chi connectivity index (χ4v) is 5.35. The average Bonchev–Trinajstić information content (AvgIpc) is 2.80. The van der Waals surface area contributed by atoms with Crippen molar-refractivity contribution in [3.63, 3.8) is 0 Å². The monoisotopic (exact) mass is 444 g/mol. The molecule has 1 saturated heterocycles. The molecule has 3 rings (SSSR count). The molecule has 0 radical (unpaired) electrons. The standard InChI is InChI=1S/C24H32N2O4S/c1-3-5-17-26(21-9-7-6-8-10-21)24(27)20-15-18-25(19-16-20)31(28,29)23-13-11-22(12-14-23)30-4-2/h6-14,20H,3-5,15-19H2,1-2H3. The van der Waals surface area contributed by atoms with E-state index in [2.05, 4.69) is 6.92 Å². The number of unbranched alkanes of at least 4 members (excludes halogenated alkanes) is 1. The van der Waals surface area contributed by atoms with Gasteiger partial charge in [0.25, 0.3) is 0 Å². The second-order valence-corrected chi connectivity index (χ2v) is 9.70. The third-order valence-corrected chi connectivity index (χ3v) is 7.56. The first kappa shape index (κ1) is 23.3. The summed E-state index contributed by atoms with van der Waals surface area (Å²) in [5.41, 5.74) is 0.908. The molecule has 0 N–H and O–H groups in total. The average molecular weight is 445 g/mol. The number of hydrogen-bond donors (Lipinski definition) is 0. The molecule has 0 aliphatic carbocycles. The molecular weight excluding hydrogens is 412 g/mol. The number of para-hydroxylation sites is 1. The number of rotatable bonds is 9. The number of anilines is 1. The molecule has 0 bridgehead atoms. The minimum atomic E-state index is -3.58. The summed E-state index contributed by atoms with van der Waals surface area (Å²) in [5.74, 6) is 0.584. The van der Waals surface area contributed by atoms with E-state index in [4.69, 9.17) is 4.74 Å². The van der Waals surface area contributed by atoms with Gasteiger partial charge in [-0.05, 0) is 62.6 Å². The van der Waals surface area contributed by atoms with Gasteiger partial charge in [-0.2, -0.15) is 4.31 Å². The van der Waals surface area contributed by atoms with E-state index in [-0.39, 0.29) is 16.7 Å². The van der Waals surface area contributed by atoms with Crippen molar-refractivity contribution in [2.24, 2.45) is 5.92 Å². The fourth-order valence-electron chi connectivity index (χ4n) is 3.88. The van der Waals surface area contributed by atoms with Crippen LogP contribution in [-0.4, -0.2) is 44.9 Å². The summed E-state index contributed by atoms with van der Waals surface area (Å²) in [5, 5.41) is 0. The maximum absolute atomic E-state index is 13.3. The van der Waals surface area contributed by atoms with E-state index >= 15 is 0 Å². The van der Waals surface area contributed by atoms with Crippen LogP contribution < -0.4 is 9.64 Å². The fraction of sp³-hybridized carbons (Fsp3) is 0.458. The number of carbonyl (C=O) groups is 1. The molecule has 1 amide bonds. The Balaban J connectivity index is 1.66. The predicted molar refractivity (Wildman–Crippen MR) is 123 cm³/mol. The largest absolute Gasteiger partial charge is 0.494 e. The van der Waals surface area contributed by atoms with Crippen LogP contribution in [0.1, 0.15) is 39.5 Å². The molecule has 0 unspecified atom stereocenters. The molecule has 2 aromatic carbocycles. The molecule has 2 aromatic rings. The van der Waals surface area contributed by atoms with E-state index in [9.17, 15) is 13.2 Å². The van der Waals surface area contributed by atoms with Crippen LogP contribution in [0, 0.1) is 5.92 Å². The number of benzene rings is 2. The summed E-state index contributed by atoms with van der Waals surface area (Å²) >= 11 is 0. The van der Waals surface area contributed by atoms with Crippen LogP contribution in [0.2, 0.25) is 0 Å². The van der Waals surface area contributed by atoms with Crippen molar-refractivity contribution in [2.45, 2.75) is 44.4 Å². The van der Waals surface area contributed by atoms with Crippen molar-refractivity contribution in [3.05, 3.63) is 54.6 Å². The van der Waals surface area contributed by atoms with E-state index in [0.29, 0.717) is 44.8 Å². The number of carbonyl (C=O) groups excluding carboxylic acids is 1. The first-order valence-corrected chi connectivity index (χ1v) is 12.5. The van der Waals surface area contributed by atoms with Gasteiger partial charge in [0.05, 0.1) is 11.5 Å². The summed E-state index contributed by atoms with van der Waals surface area (Å²) in [6.07, 6.45) is 3.01. The highest BCUT2D eigenvalue weighted by Crippen LogP contribution is 2.28. The maximum Gasteiger partial charge on any atom is 0.243 e. The van der Waals surface area contributed by atoms with Gasteiger partial charge in [-0.3, -0.25) is 4.79 Å². The summed E-state index contributed by atoms with van der Waals surface area (Å²) in [7, 11) is -3.58. The van der Waals surface area contributed by atoms with Gasteiger partial charge in [0.2, 0.25) is 15.9 Å². The van der Waals surface area contributed by atoms with Crippen molar-refractivity contribution in [3.8, 4) is 5.75 Å². The van der Waals surface area contributed by atoms with Gasteiger partial charge in [0.15, 0.2) is 0 Å². The molecule has 168 valence electrons. The van der Waals surface area contributed by atoms with Crippen LogP contribution in [0.15, 0.2) is 59.5 Å². The van der Waals surface area contributed by atoms with E-state index in [1.54, 1.807) is 24.3 Å². The van der Waals surface area contributed by atoms with E-state index in [1.165, 1.54) is 4.31 Å². The molecule has 0 saturated carbocycles. The zero-order valence-corrected chi connectivity index (χ0v) is 19.2. The number of piperidine rings is 1. The Bertz CT molecular complexity index is 937. The smallest absolute Gasteiger partial charge is 0.243 e. The minimum absolute atomic E-state index is 0.0952. The molecular formula is C24H32N2O4S. The summed E-state index contributed by atoms with van der Waals surface area (Å²) in [6.45, 7) is 5.91. The number of sulfonamides is 1. The molecule has 7 heteroatoms. The van der Waals surface area contributed by atoms with Gasteiger partial charge in [-0.1, -0.05) is 31.5 Å². The van der Waals surface area contributed by atoms with Gasteiger partial charge in [0.1, 0.15) is 5.75 Å². The topological polar surface area (TPSA) is 66.9 Å². The Morgan fingerprint density at radius 3 is 2.26 bits per heavy atom. The molecule has 31 heavy (non-hydrogen) atoms. The lowest BCUT2D eigenvalue weighted by Crippen LogP contribution is -2.44. The third kappa shape index (κ3) is 5.66. The molecule has 1 fully saturated rings. The Kier molecular flexibility index (Phi) is 8.09. The first-order valence-electron chi connectivity index (χ1n) is 11.1. The van der Waals surface area contributed by atoms with Crippen molar-refractivity contribution < 1.29 is 17.9 Å². The van der Waals surface area contributed by atoms with Crippen LogP contribution in [0.25, 0.3) is 0 Å². The van der Waals surface area contributed by atoms with Crippen molar-refractivity contribution in [1.82, 2.24) is 4.31 Å². The van der Waals surface area contributed by atoms with Gasteiger partial charge in [0, 0.05) is 31.2 Å². The highest BCUT2D eigenvalue weighted by molar-refractivity contribution is 7.89. The van der Waals surface area contributed by atoms with Crippen LogP contribution in [0.4, 0.5) is 5.69 Å². The minimum Gasteiger partial charge on any atom is -0.494 e. The van der Waals surface area contributed by atoms with Gasteiger partial charge >= 0.3 is 0 Å². The maximum atomic E-state index is 13.3. The van der Waals surface area contributed by atoms with Crippen molar-refractivity contribution >= 4 is 21.6 Å². The Morgan fingerprint density at radius 2 is 1.68 bits per heavy atom. The molecule has 6 nitrogen and oxygen atoms in total. The lowest BCUT2D eigenvalue weighted by atomic mass is 9.96. The lowest BCUT2D eigenvalue weighted by Gasteiger charge is -2.33. The first-order chi connectivity index (χ1) is 15.0. The number of ether oxygens (including phenoxy) is 1. The third-order valence-electron chi connectivity index (χ3n) is 5.64. The van der Waals surface area contributed by atoms with Crippen LogP contribution in [-0.2, 0) is 14.8 Å². The molecule has 1 aliphatic rings. The number of nitrogens with zero attached hydrogens (tertiary/aromatic N) is 2. The highest BCUT2D eigenvalue weighted by Gasteiger charge is 2.34. The normalized spacial score (nSPS) is 15.5. The number of amides is 1. The van der Waals surface area contributed by atoms with Crippen LogP contribution >= 0.6 is 0 Å². The zero-order chi connectivity index (χ0) is 22.3. The molecule has 1 aliphatic heterocycles. The van der Waals surface area contributed by atoms with Crippen molar-refractivity contribution in [1.29, 1.82) is 0 Å². The quantitative estimate of drug-likeness (QED) is 0.578.